The molecule has 0 saturated heterocycles. The van der Waals surface area contributed by atoms with Crippen molar-refractivity contribution in [3.63, 3.8) is 0 Å². The molecule has 0 bridgehead atoms. The second kappa shape index (κ2) is 5.04. The molecule has 0 radical (unpaired) electrons. The quantitative estimate of drug-likeness (QED) is 0.883. The van der Waals surface area contributed by atoms with Crippen LogP contribution in [-0.2, 0) is 12.0 Å². The number of benzene rings is 1. The molecule has 18 heavy (non-hydrogen) atoms. The molecule has 0 fully saturated rings. The van der Waals surface area contributed by atoms with E-state index in [2.05, 4.69) is 45.0 Å². The van der Waals surface area contributed by atoms with E-state index < -0.39 is 0 Å². The standard InChI is InChI=1S/C15H18ClNS/c1-10-4-5-12(8-11(10)2)15(3,17)9-13-6-7-14(16)18-13/h4-8H,9,17H2,1-3H3. The molecule has 0 aliphatic heterocycles. The highest BCUT2D eigenvalue weighted by atomic mass is 35.5. The van der Waals surface area contributed by atoms with E-state index in [1.165, 1.54) is 21.6 Å². The lowest BCUT2D eigenvalue weighted by Crippen LogP contribution is -2.35. The van der Waals surface area contributed by atoms with Gasteiger partial charge in [0.1, 0.15) is 0 Å². The van der Waals surface area contributed by atoms with Crippen LogP contribution in [0.5, 0.6) is 0 Å². The van der Waals surface area contributed by atoms with Crippen molar-refractivity contribution in [1.29, 1.82) is 0 Å². The second-order valence-electron chi connectivity index (χ2n) is 5.10. The molecule has 0 aliphatic carbocycles. The summed E-state index contributed by atoms with van der Waals surface area (Å²) in [6.45, 7) is 6.31. The molecular formula is C15H18ClNS. The molecule has 2 aromatic rings. The molecule has 0 amide bonds. The van der Waals surface area contributed by atoms with E-state index in [9.17, 15) is 0 Å². The minimum Gasteiger partial charge on any atom is -0.321 e. The first-order valence-electron chi connectivity index (χ1n) is 5.99. The lowest BCUT2D eigenvalue weighted by Gasteiger charge is -2.25. The van der Waals surface area contributed by atoms with Crippen molar-refractivity contribution in [3.05, 3.63) is 56.2 Å². The van der Waals surface area contributed by atoms with Crippen LogP contribution >= 0.6 is 22.9 Å². The number of nitrogens with two attached hydrogens (primary N) is 1. The van der Waals surface area contributed by atoms with Gasteiger partial charge >= 0.3 is 0 Å². The predicted octanol–water partition coefficient (Wildman–Crippen LogP) is 4.43. The minimum atomic E-state index is -0.355. The highest BCUT2D eigenvalue weighted by Gasteiger charge is 2.22. The zero-order valence-corrected chi connectivity index (χ0v) is 12.5. The average molecular weight is 280 g/mol. The highest BCUT2D eigenvalue weighted by Crippen LogP contribution is 2.29. The van der Waals surface area contributed by atoms with Crippen LogP contribution in [0, 0.1) is 13.8 Å². The monoisotopic (exact) mass is 279 g/mol. The van der Waals surface area contributed by atoms with Crippen molar-refractivity contribution in [2.45, 2.75) is 32.7 Å². The van der Waals surface area contributed by atoms with Gasteiger partial charge in [-0.25, -0.2) is 0 Å². The van der Waals surface area contributed by atoms with Crippen LogP contribution < -0.4 is 5.73 Å². The molecule has 1 heterocycles. The first kappa shape index (κ1) is 13.6. The number of aryl methyl sites for hydroxylation is 2. The fourth-order valence-corrected chi connectivity index (χ4v) is 3.26. The van der Waals surface area contributed by atoms with Gasteiger partial charge in [-0.1, -0.05) is 29.8 Å². The van der Waals surface area contributed by atoms with E-state index in [1.807, 2.05) is 6.07 Å². The van der Waals surface area contributed by atoms with E-state index >= 15 is 0 Å². The van der Waals surface area contributed by atoms with Crippen LogP contribution in [0.1, 0.15) is 28.5 Å². The van der Waals surface area contributed by atoms with Crippen LogP contribution in [-0.4, -0.2) is 0 Å². The Morgan fingerprint density at radius 1 is 1.17 bits per heavy atom. The van der Waals surface area contributed by atoms with Gasteiger partial charge in [0.05, 0.1) is 4.34 Å². The van der Waals surface area contributed by atoms with E-state index in [-0.39, 0.29) is 5.54 Å². The molecule has 2 N–H and O–H groups in total. The van der Waals surface area contributed by atoms with Crippen molar-refractivity contribution in [2.24, 2.45) is 5.73 Å². The first-order chi connectivity index (χ1) is 8.38. The number of hydrogen-bond acceptors (Lipinski definition) is 2. The third-order valence-corrected chi connectivity index (χ3v) is 4.57. The van der Waals surface area contributed by atoms with Gasteiger partial charge in [0.25, 0.3) is 0 Å². The topological polar surface area (TPSA) is 26.0 Å². The fraction of sp³-hybridized carbons (Fsp3) is 0.333. The van der Waals surface area contributed by atoms with Crippen molar-refractivity contribution in [3.8, 4) is 0 Å². The van der Waals surface area contributed by atoms with Gasteiger partial charge in [-0.15, -0.1) is 11.3 Å². The predicted molar refractivity (Wildman–Crippen MR) is 80.5 cm³/mol. The summed E-state index contributed by atoms with van der Waals surface area (Å²) >= 11 is 7.56. The maximum atomic E-state index is 6.46. The van der Waals surface area contributed by atoms with Gasteiger partial charge in [-0.2, -0.15) is 0 Å². The van der Waals surface area contributed by atoms with Crippen molar-refractivity contribution in [2.75, 3.05) is 0 Å². The third kappa shape index (κ3) is 2.94. The summed E-state index contributed by atoms with van der Waals surface area (Å²) in [5.41, 5.74) is 9.87. The van der Waals surface area contributed by atoms with Crippen LogP contribution in [0.15, 0.2) is 30.3 Å². The Bertz CT molecular complexity index is 557. The summed E-state index contributed by atoms with van der Waals surface area (Å²) < 4.78 is 0.820. The van der Waals surface area contributed by atoms with Gasteiger partial charge in [0.2, 0.25) is 0 Å². The van der Waals surface area contributed by atoms with E-state index in [0.717, 1.165) is 10.8 Å². The summed E-state index contributed by atoms with van der Waals surface area (Å²) in [5.74, 6) is 0. The van der Waals surface area contributed by atoms with Crippen molar-refractivity contribution >= 4 is 22.9 Å². The van der Waals surface area contributed by atoms with Gasteiger partial charge in [-0.05, 0) is 49.6 Å². The van der Waals surface area contributed by atoms with E-state index in [0.29, 0.717) is 0 Å². The Labute approximate surface area is 118 Å². The Morgan fingerprint density at radius 3 is 2.44 bits per heavy atom. The van der Waals surface area contributed by atoms with Crippen molar-refractivity contribution < 1.29 is 0 Å². The largest absolute Gasteiger partial charge is 0.321 e. The molecule has 1 nitrogen and oxygen atoms in total. The van der Waals surface area contributed by atoms with E-state index in [1.54, 1.807) is 11.3 Å². The fourth-order valence-electron chi connectivity index (χ4n) is 2.01. The Morgan fingerprint density at radius 2 is 1.89 bits per heavy atom. The molecular weight excluding hydrogens is 262 g/mol. The SMILES string of the molecule is Cc1ccc(C(C)(N)Cc2ccc(Cl)s2)cc1C. The maximum Gasteiger partial charge on any atom is 0.0931 e. The van der Waals surface area contributed by atoms with Crippen LogP contribution in [0.4, 0.5) is 0 Å². The maximum absolute atomic E-state index is 6.46. The summed E-state index contributed by atoms with van der Waals surface area (Å²) in [7, 11) is 0. The first-order valence-corrected chi connectivity index (χ1v) is 7.19. The van der Waals surface area contributed by atoms with Gasteiger partial charge in [0.15, 0.2) is 0 Å². The third-order valence-electron chi connectivity index (χ3n) is 3.34. The lowest BCUT2D eigenvalue weighted by molar-refractivity contribution is 0.495. The number of hydrogen-bond donors (Lipinski definition) is 1. The zero-order valence-electron chi connectivity index (χ0n) is 11.0. The summed E-state index contributed by atoms with van der Waals surface area (Å²) in [5, 5.41) is 0. The molecule has 1 unspecified atom stereocenters. The molecule has 0 aliphatic rings. The summed E-state index contributed by atoms with van der Waals surface area (Å²) in [4.78, 5) is 1.23. The van der Waals surface area contributed by atoms with Gasteiger partial charge in [0, 0.05) is 16.8 Å². The normalized spacial score (nSPS) is 14.5. The van der Waals surface area contributed by atoms with E-state index in [4.69, 9.17) is 17.3 Å². The Hall–Kier alpha value is -0.830. The molecule has 1 atom stereocenters. The van der Waals surface area contributed by atoms with Crippen LogP contribution in [0.3, 0.4) is 0 Å². The molecule has 3 heteroatoms. The number of halogens is 1. The highest BCUT2D eigenvalue weighted by molar-refractivity contribution is 7.16. The van der Waals surface area contributed by atoms with Crippen molar-refractivity contribution in [1.82, 2.24) is 0 Å². The molecule has 96 valence electrons. The number of thiophene rings is 1. The number of rotatable bonds is 3. The average Bonchev–Trinajstić information content (AvgIpc) is 2.67. The molecule has 0 spiro atoms. The Balaban J connectivity index is 2.26. The smallest absolute Gasteiger partial charge is 0.0931 e. The summed E-state index contributed by atoms with van der Waals surface area (Å²) in [6.07, 6.45) is 0.812. The van der Waals surface area contributed by atoms with Gasteiger partial charge < -0.3 is 5.73 Å². The summed E-state index contributed by atoms with van der Waals surface area (Å²) in [6, 6.07) is 10.4. The second-order valence-corrected chi connectivity index (χ2v) is 6.90. The van der Waals surface area contributed by atoms with Crippen LogP contribution in [0.2, 0.25) is 4.34 Å². The Kier molecular flexibility index (Phi) is 3.81. The molecule has 1 aromatic heterocycles. The minimum absolute atomic E-state index is 0.355. The molecule has 2 rings (SSSR count). The molecule has 1 aromatic carbocycles. The zero-order chi connectivity index (χ0) is 13.3. The van der Waals surface area contributed by atoms with Gasteiger partial charge in [-0.3, -0.25) is 0 Å². The lowest BCUT2D eigenvalue weighted by atomic mass is 9.87. The van der Waals surface area contributed by atoms with Crippen LogP contribution in [0.25, 0.3) is 0 Å². The molecule has 0 saturated carbocycles.